The minimum atomic E-state index is -3.37. The number of sulfone groups is 1. The summed E-state index contributed by atoms with van der Waals surface area (Å²) in [5.41, 5.74) is 4.21. The lowest BCUT2D eigenvalue weighted by atomic mass is 10.1. The van der Waals surface area contributed by atoms with E-state index in [1.54, 1.807) is 6.20 Å². The zero-order chi connectivity index (χ0) is 18.9. The van der Waals surface area contributed by atoms with Crippen LogP contribution in [0.5, 0.6) is 0 Å². The molecule has 0 spiro atoms. The summed E-state index contributed by atoms with van der Waals surface area (Å²) in [4.78, 5) is 14.9. The molecule has 27 heavy (non-hydrogen) atoms. The summed E-state index contributed by atoms with van der Waals surface area (Å²) in [5, 5.41) is -0.0874. The number of benzene rings is 1. The van der Waals surface area contributed by atoms with Crippen LogP contribution in [0.2, 0.25) is 0 Å². The Bertz CT molecular complexity index is 1050. The lowest BCUT2D eigenvalue weighted by molar-refractivity contribution is 0.236. The SMILES string of the molecule is CS(=O)(=O)c1ncc2c(n1)CCN(Cc1cncn1Cc1ccccc1)C2. The summed E-state index contributed by atoms with van der Waals surface area (Å²) >= 11 is 0. The molecule has 3 aromatic rings. The predicted molar refractivity (Wildman–Crippen MR) is 101 cm³/mol. The zero-order valence-electron chi connectivity index (χ0n) is 15.1. The van der Waals surface area contributed by atoms with E-state index in [4.69, 9.17) is 0 Å². The molecule has 0 saturated carbocycles. The first-order chi connectivity index (χ1) is 13.0. The molecule has 0 radical (unpaired) electrons. The standard InChI is InChI=1S/C19H21N5O2S/c1-27(25,26)19-21-9-16-12-23(8-7-18(16)22-19)13-17-10-20-14-24(17)11-15-5-3-2-4-6-15/h2-6,9-10,14H,7-8,11-13H2,1H3. The molecule has 1 aliphatic heterocycles. The van der Waals surface area contributed by atoms with Crippen molar-refractivity contribution in [1.82, 2.24) is 24.4 Å². The van der Waals surface area contributed by atoms with Crippen molar-refractivity contribution in [2.24, 2.45) is 0 Å². The molecule has 7 nitrogen and oxygen atoms in total. The van der Waals surface area contributed by atoms with E-state index in [1.165, 1.54) is 5.56 Å². The number of aromatic nitrogens is 4. The third-order valence-electron chi connectivity index (χ3n) is 4.70. The summed E-state index contributed by atoms with van der Waals surface area (Å²) < 4.78 is 25.4. The van der Waals surface area contributed by atoms with E-state index < -0.39 is 9.84 Å². The monoisotopic (exact) mass is 383 g/mol. The van der Waals surface area contributed by atoms with E-state index in [1.807, 2.05) is 30.7 Å². The molecule has 3 heterocycles. The first kappa shape index (κ1) is 17.8. The van der Waals surface area contributed by atoms with Crippen molar-refractivity contribution < 1.29 is 8.42 Å². The highest BCUT2D eigenvalue weighted by atomic mass is 32.2. The van der Waals surface area contributed by atoms with Crippen LogP contribution in [-0.4, -0.2) is 45.6 Å². The Hall–Kier alpha value is -2.58. The average molecular weight is 383 g/mol. The van der Waals surface area contributed by atoms with E-state index in [-0.39, 0.29) is 5.16 Å². The molecule has 1 aromatic carbocycles. The number of nitrogens with zero attached hydrogens (tertiary/aromatic N) is 5. The van der Waals surface area contributed by atoms with Crippen molar-refractivity contribution in [3.05, 3.63) is 71.6 Å². The topological polar surface area (TPSA) is 81.0 Å². The summed E-state index contributed by atoms with van der Waals surface area (Å²) in [6, 6.07) is 10.3. The fourth-order valence-corrected chi connectivity index (χ4v) is 3.82. The van der Waals surface area contributed by atoms with Gasteiger partial charge in [-0.15, -0.1) is 0 Å². The third kappa shape index (κ3) is 4.06. The molecular weight excluding hydrogens is 362 g/mol. The molecule has 0 fully saturated rings. The number of fused-ring (bicyclic) bond motifs is 1. The summed E-state index contributed by atoms with van der Waals surface area (Å²) in [6.07, 6.45) is 7.26. The van der Waals surface area contributed by atoms with Gasteiger partial charge in [0.25, 0.3) is 0 Å². The maximum atomic E-state index is 11.6. The van der Waals surface area contributed by atoms with Crippen molar-refractivity contribution in [3.8, 4) is 0 Å². The lowest BCUT2D eigenvalue weighted by Crippen LogP contribution is -2.32. The van der Waals surface area contributed by atoms with Gasteiger partial charge in [-0.1, -0.05) is 30.3 Å². The van der Waals surface area contributed by atoms with Gasteiger partial charge in [-0.05, 0) is 5.56 Å². The second kappa shape index (κ2) is 7.21. The Labute approximate surface area is 158 Å². The van der Waals surface area contributed by atoms with Crippen LogP contribution >= 0.6 is 0 Å². The highest BCUT2D eigenvalue weighted by Gasteiger charge is 2.21. The Morgan fingerprint density at radius 1 is 1.11 bits per heavy atom. The van der Waals surface area contributed by atoms with E-state index >= 15 is 0 Å². The van der Waals surface area contributed by atoms with Crippen molar-refractivity contribution in [1.29, 1.82) is 0 Å². The van der Waals surface area contributed by atoms with Gasteiger partial charge in [-0.25, -0.2) is 23.4 Å². The average Bonchev–Trinajstić information content (AvgIpc) is 3.08. The molecule has 0 bridgehead atoms. The van der Waals surface area contributed by atoms with Gasteiger partial charge in [0.15, 0.2) is 0 Å². The molecule has 0 saturated heterocycles. The molecule has 140 valence electrons. The minimum Gasteiger partial charge on any atom is -0.329 e. The van der Waals surface area contributed by atoms with Gasteiger partial charge in [-0.3, -0.25) is 4.90 Å². The fourth-order valence-electron chi connectivity index (χ4n) is 3.30. The molecule has 0 N–H and O–H groups in total. The van der Waals surface area contributed by atoms with Gasteiger partial charge in [-0.2, -0.15) is 0 Å². The predicted octanol–water partition coefficient (Wildman–Crippen LogP) is 1.68. The Balaban J connectivity index is 1.47. The molecule has 8 heteroatoms. The van der Waals surface area contributed by atoms with Crippen LogP contribution in [-0.2, 0) is 35.9 Å². The first-order valence-corrected chi connectivity index (χ1v) is 10.7. The minimum absolute atomic E-state index is 0.0874. The molecule has 0 atom stereocenters. The summed E-state index contributed by atoms with van der Waals surface area (Å²) in [6.45, 7) is 3.10. The van der Waals surface area contributed by atoms with Crippen molar-refractivity contribution in [2.75, 3.05) is 12.8 Å². The maximum Gasteiger partial charge on any atom is 0.246 e. The van der Waals surface area contributed by atoms with Gasteiger partial charge >= 0.3 is 0 Å². The smallest absolute Gasteiger partial charge is 0.246 e. The van der Waals surface area contributed by atoms with Crippen LogP contribution in [0.1, 0.15) is 22.5 Å². The number of imidazole rings is 1. The third-order valence-corrected chi connectivity index (χ3v) is 5.56. The van der Waals surface area contributed by atoms with Crippen molar-refractivity contribution in [3.63, 3.8) is 0 Å². The van der Waals surface area contributed by atoms with Crippen LogP contribution in [0.3, 0.4) is 0 Å². The van der Waals surface area contributed by atoms with E-state index in [2.05, 4.69) is 36.6 Å². The largest absolute Gasteiger partial charge is 0.329 e. The molecule has 0 amide bonds. The Morgan fingerprint density at radius 2 is 1.93 bits per heavy atom. The molecular formula is C19H21N5O2S. The summed E-state index contributed by atoms with van der Waals surface area (Å²) in [5.74, 6) is 0. The second-order valence-electron chi connectivity index (χ2n) is 6.86. The van der Waals surface area contributed by atoms with Gasteiger partial charge in [0.05, 0.1) is 17.7 Å². The maximum absolute atomic E-state index is 11.6. The van der Waals surface area contributed by atoms with Crippen LogP contribution in [0.4, 0.5) is 0 Å². The molecule has 4 rings (SSSR count). The summed E-state index contributed by atoms with van der Waals surface area (Å²) in [7, 11) is -3.37. The van der Waals surface area contributed by atoms with Crippen LogP contribution in [0, 0.1) is 0 Å². The fraction of sp³-hybridized carbons (Fsp3) is 0.316. The van der Waals surface area contributed by atoms with Crippen LogP contribution in [0.25, 0.3) is 0 Å². The zero-order valence-corrected chi connectivity index (χ0v) is 15.9. The number of rotatable bonds is 5. The van der Waals surface area contributed by atoms with Crippen molar-refractivity contribution in [2.45, 2.75) is 31.2 Å². The molecule has 0 unspecified atom stereocenters. The van der Waals surface area contributed by atoms with E-state index in [0.29, 0.717) is 13.0 Å². The molecule has 0 aliphatic carbocycles. The number of hydrogen-bond acceptors (Lipinski definition) is 6. The lowest BCUT2D eigenvalue weighted by Gasteiger charge is -2.28. The van der Waals surface area contributed by atoms with Crippen LogP contribution in [0.15, 0.2) is 54.2 Å². The van der Waals surface area contributed by atoms with Crippen LogP contribution < -0.4 is 0 Å². The van der Waals surface area contributed by atoms with E-state index in [0.717, 1.165) is 42.8 Å². The van der Waals surface area contributed by atoms with Gasteiger partial charge < -0.3 is 4.57 Å². The Kier molecular flexibility index (Phi) is 4.75. The number of hydrogen-bond donors (Lipinski definition) is 0. The normalized spacial score (nSPS) is 14.9. The van der Waals surface area contributed by atoms with Crippen molar-refractivity contribution >= 4 is 9.84 Å². The quantitative estimate of drug-likeness (QED) is 0.624. The first-order valence-electron chi connectivity index (χ1n) is 8.79. The van der Waals surface area contributed by atoms with Gasteiger partial charge in [0, 0.05) is 56.8 Å². The van der Waals surface area contributed by atoms with E-state index in [9.17, 15) is 8.42 Å². The highest BCUT2D eigenvalue weighted by Crippen LogP contribution is 2.20. The highest BCUT2D eigenvalue weighted by molar-refractivity contribution is 7.90. The van der Waals surface area contributed by atoms with Gasteiger partial charge in [0.1, 0.15) is 0 Å². The van der Waals surface area contributed by atoms with Gasteiger partial charge in [0.2, 0.25) is 15.0 Å². The second-order valence-corrected chi connectivity index (χ2v) is 8.77. The molecule has 2 aromatic heterocycles. The Morgan fingerprint density at radius 3 is 2.70 bits per heavy atom. The molecule has 1 aliphatic rings.